The van der Waals surface area contributed by atoms with Gasteiger partial charge in [0.05, 0.1) is 11.5 Å². The van der Waals surface area contributed by atoms with Gasteiger partial charge >= 0.3 is 0 Å². The molecule has 0 aliphatic carbocycles. The third-order valence-corrected chi connectivity index (χ3v) is 4.99. The van der Waals surface area contributed by atoms with E-state index in [0.29, 0.717) is 17.7 Å². The van der Waals surface area contributed by atoms with E-state index in [9.17, 15) is 8.42 Å². The molecule has 0 aromatic heterocycles. The van der Waals surface area contributed by atoms with Crippen LogP contribution in [0, 0.1) is 6.92 Å². The van der Waals surface area contributed by atoms with E-state index in [2.05, 4.69) is 0 Å². The Labute approximate surface area is 119 Å². The first-order valence-corrected chi connectivity index (χ1v) is 7.70. The van der Waals surface area contributed by atoms with Gasteiger partial charge in [-0.15, -0.1) is 0 Å². The average Bonchev–Trinajstić information content (AvgIpc) is 2.34. The molecule has 0 fully saturated rings. The summed E-state index contributed by atoms with van der Waals surface area (Å²) in [5.41, 5.74) is 6.93. The third kappa shape index (κ3) is 3.50. The van der Waals surface area contributed by atoms with Crippen LogP contribution in [0.15, 0.2) is 23.1 Å². The number of likely N-dealkylation sites (N-methyl/N-ethyl adjacent to an activating group) is 1. The van der Waals surface area contributed by atoms with Gasteiger partial charge in [-0.25, -0.2) is 8.42 Å². The van der Waals surface area contributed by atoms with Gasteiger partial charge in [0.1, 0.15) is 4.99 Å². The molecule has 0 aliphatic heterocycles. The van der Waals surface area contributed by atoms with Gasteiger partial charge in [0, 0.05) is 18.7 Å². The van der Waals surface area contributed by atoms with Crippen LogP contribution in [-0.4, -0.2) is 42.5 Å². The number of rotatable bonds is 6. The second kappa shape index (κ2) is 6.42. The molecule has 0 saturated carbocycles. The molecular weight excluding hydrogens is 284 g/mol. The van der Waals surface area contributed by atoms with Crippen molar-refractivity contribution in [2.75, 3.05) is 19.7 Å². The van der Waals surface area contributed by atoms with Crippen LogP contribution < -0.4 is 5.73 Å². The Morgan fingerprint density at radius 2 is 2.11 bits per heavy atom. The van der Waals surface area contributed by atoms with E-state index in [4.69, 9.17) is 23.1 Å². The molecule has 5 nitrogen and oxygen atoms in total. The number of aryl methyl sites for hydroxylation is 1. The maximum absolute atomic E-state index is 12.3. The van der Waals surface area contributed by atoms with Gasteiger partial charge in [0.25, 0.3) is 0 Å². The van der Waals surface area contributed by atoms with Crippen LogP contribution in [0.4, 0.5) is 0 Å². The maximum Gasteiger partial charge on any atom is 0.243 e. The minimum absolute atomic E-state index is 0.0783. The van der Waals surface area contributed by atoms with E-state index in [1.54, 1.807) is 26.0 Å². The predicted molar refractivity (Wildman–Crippen MR) is 78.6 cm³/mol. The number of aliphatic hydroxyl groups excluding tert-OH is 1. The summed E-state index contributed by atoms with van der Waals surface area (Å²) in [4.78, 5) is 0.421. The van der Waals surface area contributed by atoms with Gasteiger partial charge in [-0.1, -0.05) is 25.2 Å². The molecule has 0 heterocycles. The highest BCUT2D eigenvalue weighted by Gasteiger charge is 2.23. The van der Waals surface area contributed by atoms with Gasteiger partial charge in [-0.05, 0) is 24.6 Å². The minimum Gasteiger partial charge on any atom is -0.395 e. The SMILES string of the molecule is CCN(CCO)S(=O)(=O)c1ccc(C(N)=S)c(C)c1. The van der Waals surface area contributed by atoms with Gasteiger partial charge in [-0.2, -0.15) is 4.31 Å². The highest BCUT2D eigenvalue weighted by molar-refractivity contribution is 7.89. The largest absolute Gasteiger partial charge is 0.395 e. The molecule has 1 aromatic rings. The fourth-order valence-corrected chi connectivity index (χ4v) is 3.54. The zero-order valence-electron chi connectivity index (χ0n) is 11.0. The number of nitrogens with zero attached hydrogens (tertiary/aromatic N) is 1. The van der Waals surface area contributed by atoms with Crippen LogP contribution in [0.5, 0.6) is 0 Å². The van der Waals surface area contributed by atoms with Crippen molar-refractivity contribution in [1.82, 2.24) is 4.31 Å². The second-order valence-electron chi connectivity index (χ2n) is 4.06. The van der Waals surface area contributed by atoms with Crippen molar-refractivity contribution in [1.29, 1.82) is 0 Å². The smallest absolute Gasteiger partial charge is 0.243 e. The van der Waals surface area contributed by atoms with Crippen LogP contribution >= 0.6 is 12.2 Å². The number of aliphatic hydroxyl groups is 1. The fourth-order valence-electron chi connectivity index (χ4n) is 1.78. The van der Waals surface area contributed by atoms with Gasteiger partial charge in [-0.3, -0.25) is 0 Å². The van der Waals surface area contributed by atoms with Crippen LogP contribution in [0.2, 0.25) is 0 Å². The van der Waals surface area contributed by atoms with Crippen molar-refractivity contribution in [3.05, 3.63) is 29.3 Å². The Hall–Kier alpha value is -1.02. The summed E-state index contributed by atoms with van der Waals surface area (Å²) in [5, 5.41) is 8.91. The van der Waals surface area contributed by atoms with Crippen molar-refractivity contribution in [3.63, 3.8) is 0 Å². The molecule has 3 N–H and O–H groups in total. The predicted octanol–water partition coefficient (Wildman–Crippen LogP) is 0.632. The van der Waals surface area contributed by atoms with Crippen molar-refractivity contribution in [3.8, 4) is 0 Å². The standard InChI is InChI=1S/C12H18N2O3S2/c1-3-14(6-7-15)19(16,17)10-4-5-11(12(13)18)9(2)8-10/h4-5,8,15H,3,6-7H2,1-2H3,(H2,13,18). The molecule has 0 unspecified atom stereocenters. The number of hydrogen-bond donors (Lipinski definition) is 2. The summed E-state index contributed by atoms with van der Waals surface area (Å²) < 4.78 is 25.9. The summed E-state index contributed by atoms with van der Waals surface area (Å²) in [7, 11) is -3.59. The number of benzene rings is 1. The van der Waals surface area contributed by atoms with Gasteiger partial charge in [0.15, 0.2) is 0 Å². The summed E-state index contributed by atoms with van der Waals surface area (Å²) in [6.45, 7) is 3.66. The number of sulfonamides is 1. The lowest BCUT2D eigenvalue weighted by molar-refractivity contribution is 0.257. The average molecular weight is 302 g/mol. The first-order chi connectivity index (χ1) is 8.84. The van der Waals surface area contributed by atoms with Crippen molar-refractivity contribution in [2.45, 2.75) is 18.7 Å². The number of hydrogen-bond acceptors (Lipinski definition) is 4. The normalized spacial score (nSPS) is 11.8. The zero-order chi connectivity index (χ0) is 14.6. The molecule has 19 heavy (non-hydrogen) atoms. The van der Waals surface area contributed by atoms with Crippen LogP contribution in [-0.2, 0) is 10.0 Å². The molecule has 0 amide bonds. The highest BCUT2D eigenvalue weighted by atomic mass is 32.2. The highest BCUT2D eigenvalue weighted by Crippen LogP contribution is 2.19. The summed E-state index contributed by atoms with van der Waals surface area (Å²) in [5.74, 6) is 0. The van der Waals surface area contributed by atoms with E-state index in [1.807, 2.05) is 0 Å². The lowest BCUT2D eigenvalue weighted by Crippen LogP contribution is -2.33. The Morgan fingerprint density at radius 1 is 1.47 bits per heavy atom. The molecule has 1 aromatic carbocycles. The molecule has 1 rings (SSSR count). The molecule has 0 bridgehead atoms. The summed E-state index contributed by atoms with van der Waals surface area (Å²) in [6.07, 6.45) is 0. The maximum atomic E-state index is 12.3. The Bertz CT molecular complexity index is 570. The lowest BCUT2D eigenvalue weighted by atomic mass is 10.1. The second-order valence-corrected chi connectivity index (χ2v) is 6.44. The molecule has 0 spiro atoms. The van der Waals surface area contributed by atoms with Crippen LogP contribution in [0.1, 0.15) is 18.1 Å². The quantitative estimate of drug-likeness (QED) is 0.753. The Morgan fingerprint density at radius 3 is 2.53 bits per heavy atom. The van der Waals surface area contributed by atoms with E-state index in [0.717, 1.165) is 0 Å². The monoisotopic (exact) mass is 302 g/mol. The first-order valence-electron chi connectivity index (χ1n) is 5.86. The molecule has 0 saturated heterocycles. The zero-order valence-corrected chi connectivity index (χ0v) is 12.6. The van der Waals surface area contributed by atoms with Crippen molar-refractivity contribution < 1.29 is 13.5 Å². The molecule has 0 aliphatic rings. The lowest BCUT2D eigenvalue weighted by Gasteiger charge is -2.20. The third-order valence-electron chi connectivity index (χ3n) is 2.80. The Kier molecular flexibility index (Phi) is 5.42. The van der Waals surface area contributed by atoms with E-state index in [1.165, 1.54) is 10.4 Å². The topological polar surface area (TPSA) is 83.6 Å². The molecular formula is C12H18N2O3S2. The van der Waals surface area contributed by atoms with E-state index >= 15 is 0 Å². The van der Waals surface area contributed by atoms with Gasteiger partial charge < -0.3 is 10.8 Å². The van der Waals surface area contributed by atoms with Crippen LogP contribution in [0.25, 0.3) is 0 Å². The van der Waals surface area contributed by atoms with Crippen molar-refractivity contribution >= 4 is 27.2 Å². The molecule has 0 atom stereocenters. The van der Waals surface area contributed by atoms with Crippen molar-refractivity contribution in [2.24, 2.45) is 5.73 Å². The minimum atomic E-state index is -3.59. The van der Waals surface area contributed by atoms with Gasteiger partial charge in [0.2, 0.25) is 10.0 Å². The summed E-state index contributed by atoms with van der Waals surface area (Å²) >= 11 is 4.89. The summed E-state index contributed by atoms with van der Waals surface area (Å²) in [6, 6.07) is 4.64. The van der Waals surface area contributed by atoms with E-state index < -0.39 is 10.0 Å². The molecule has 0 radical (unpaired) electrons. The molecule has 7 heteroatoms. The first kappa shape index (κ1) is 16.0. The number of nitrogens with two attached hydrogens (primary N) is 1. The molecule has 106 valence electrons. The Balaban J connectivity index is 3.22. The van der Waals surface area contributed by atoms with E-state index in [-0.39, 0.29) is 23.0 Å². The fraction of sp³-hybridized carbons (Fsp3) is 0.417. The number of thiocarbonyl (C=S) groups is 1. The van der Waals surface area contributed by atoms with Crippen LogP contribution in [0.3, 0.4) is 0 Å².